The number of hydrogen-bond acceptors (Lipinski definition) is 5. The fourth-order valence-electron chi connectivity index (χ4n) is 2.06. The predicted molar refractivity (Wildman–Crippen MR) is 63.2 cm³/mol. The van der Waals surface area contributed by atoms with Gasteiger partial charge in [-0.25, -0.2) is 4.79 Å². The van der Waals surface area contributed by atoms with Crippen LogP contribution >= 0.6 is 0 Å². The minimum Gasteiger partial charge on any atom is -0.479 e. The van der Waals surface area contributed by atoms with E-state index in [0.29, 0.717) is 30.8 Å². The van der Waals surface area contributed by atoms with Gasteiger partial charge in [0.25, 0.3) is 5.91 Å². The molecule has 19 heavy (non-hydrogen) atoms. The van der Waals surface area contributed by atoms with Gasteiger partial charge in [-0.15, -0.1) is 0 Å². The summed E-state index contributed by atoms with van der Waals surface area (Å²) in [5.74, 6) is -0.576. The van der Waals surface area contributed by atoms with E-state index >= 15 is 0 Å². The van der Waals surface area contributed by atoms with Crippen LogP contribution in [0.4, 0.5) is 0 Å². The van der Waals surface area contributed by atoms with Crippen LogP contribution < -0.4 is 0 Å². The highest BCUT2D eigenvalue weighted by atomic mass is 16.5. The van der Waals surface area contributed by atoms with E-state index < -0.39 is 18.2 Å². The number of aliphatic carboxylic acids is 1. The second kappa shape index (κ2) is 5.40. The molecule has 1 N–H and O–H groups in total. The molecule has 1 aliphatic rings. The molecule has 2 atom stereocenters. The second-order valence-electron chi connectivity index (χ2n) is 4.65. The topological polar surface area (TPSA) is 92.9 Å². The van der Waals surface area contributed by atoms with Gasteiger partial charge in [0.15, 0.2) is 6.10 Å². The van der Waals surface area contributed by atoms with Crippen LogP contribution in [0.25, 0.3) is 0 Å². The summed E-state index contributed by atoms with van der Waals surface area (Å²) in [7, 11) is 1.63. The lowest BCUT2D eigenvalue weighted by Crippen LogP contribution is -2.36. The number of amides is 1. The molecular formula is C12H16N2O5. The van der Waals surface area contributed by atoms with Crippen LogP contribution in [0.1, 0.15) is 24.3 Å². The molecule has 0 aromatic carbocycles. The van der Waals surface area contributed by atoms with Crippen LogP contribution in [0.3, 0.4) is 0 Å². The Kier molecular flexibility index (Phi) is 3.84. The maximum Gasteiger partial charge on any atom is 0.332 e. The van der Waals surface area contributed by atoms with E-state index in [-0.39, 0.29) is 5.91 Å². The van der Waals surface area contributed by atoms with Crippen LogP contribution in [0.15, 0.2) is 10.6 Å². The number of likely N-dealkylation sites (N-methyl/N-ethyl adjacent to an activating group) is 1. The fourth-order valence-corrected chi connectivity index (χ4v) is 2.06. The number of carboxylic acid groups (broad SMARTS) is 1. The molecule has 0 radical (unpaired) electrons. The van der Waals surface area contributed by atoms with E-state index in [0.717, 1.165) is 0 Å². The van der Waals surface area contributed by atoms with Gasteiger partial charge in [0, 0.05) is 13.1 Å². The maximum absolute atomic E-state index is 12.1. The zero-order valence-electron chi connectivity index (χ0n) is 10.8. The third-order valence-corrected chi connectivity index (χ3v) is 3.02. The Hall–Kier alpha value is -1.89. The van der Waals surface area contributed by atoms with Crippen LogP contribution in [0.5, 0.6) is 0 Å². The van der Waals surface area contributed by atoms with E-state index in [1.165, 1.54) is 4.90 Å². The molecule has 7 heteroatoms. The maximum atomic E-state index is 12.1. The van der Waals surface area contributed by atoms with Crippen molar-refractivity contribution in [2.45, 2.75) is 38.5 Å². The van der Waals surface area contributed by atoms with E-state index in [4.69, 9.17) is 14.4 Å². The Labute approximate surface area is 110 Å². The van der Waals surface area contributed by atoms with Gasteiger partial charge in [-0.05, 0) is 19.8 Å². The quantitative estimate of drug-likeness (QED) is 0.858. The van der Waals surface area contributed by atoms with E-state index in [2.05, 4.69) is 5.16 Å². The van der Waals surface area contributed by atoms with Crippen molar-refractivity contribution in [3.8, 4) is 0 Å². The average molecular weight is 268 g/mol. The highest BCUT2D eigenvalue weighted by Gasteiger charge is 2.36. The standard InChI is InChI=1S/C12H16N2O5/c1-7-5-8(13-19-7)6-14(2)11(15)9-3-4-10(18-9)12(16)17/h5,9-10H,3-4,6H2,1-2H3,(H,16,17)/t9-,10+/m0/s1. The molecule has 1 amide bonds. The van der Waals surface area contributed by atoms with E-state index in [1.54, 1.807) is 20.0 Å². The van der Waals surface area contributed by atoms with E-state index in [1.807, 2.05) is 0 Å². The van der Waals surface area contributed by atoms with Crippen molar-refractivity contribution in [1.29, 1.82) is 0 Å². The van der Waals surface area contributed by atoms with Crippen LogP contribution in [-0.4, -0.2) is 46.3 Å². The van der Waals surface area contributed by atoms with Crippen molar-refractivity contribution in [1.82, 2.24) is 10.1 Å². The minimum absolute atomic E-state index is 0.232. The molecule has 1 aromatic rings. The summed E-state index contributed by atoms with van der Waals surface area (Å²) < 4.78 is 10.1. The number of aryl methyl sites for hydroxylation is 1. The molecule has 1 aliphatic heterocycles. The number of carbonyl (C=O) groups excluding carboxylic acids is 1. The molecule has 0 spiro atoms. The number of carbonyl (C=O) groups is 2. The number of hydrogen-bond donors (Lipinski definition) is 1. The van der Waals surface area contributed by atoms with Gasteiger partial charge < -0.3 is 19.3 Å². The lowest BCUT2D eigenvalue weighted by Gasteiger charge is -2.19. The summed E-state index contributed by atoms with van der Waals surface area (Å²) in [6.45, 7) is 2.09. The zero-order valence-corrected chi connectivity index (χ0v) is 10.8. The molecule has 0 aliphatic carbocycles. The molecule has 1 saturated heterocycles. The molecule has 1 aromatic heterocycles. The average Bonchev–Trinajstić information content (AvgIpc) is 2.97. The first-order valence-electron chi connectivity index (χ1n) is 6.03. The monoisotopic (exact) mass is 268 g/mol. The third kappa shape index (κ3) is 3.11. The highest BCUT2D eigenvalue weighted by molar-refractivity contribution is 5.82. The lowest BCUT2D eigenvalue weighted by molar-refractivity contribution is -0.154. The zero-order chi connectivity index (χ0) is 14.0. The SMILES string of the molecule is Cc1cc(CN(C)C(=O)[C@@H]2CC[C@H](C(=O)O)O2)no1. The molecule has 0 saturated carbocycles. The predicted octanol–water partition coefficient (Wildman–Crippen LogP) is 0.574. The normalized spacial score (nSPS) is 22.4. The van der Waals surface area contributed by atoms with Gasteiger partial charge in [0.2, 0.25) is 0 Å². The Bertz CT molecular complexity index is 484. The molecule has 0 unspecified atom stereocenters. The first-order chi connectivity index (χ1) is 8.97. The van der Waals surface area contributed by atoms with Crippen molar-refractivity contribution in [3.05, 3.63) is 17.5 Å². The Morgan fingerprint density at radius 1 is 1.47 bits per heavy atom. The van der Waals surface area contributed by atoms with Gasteiger partial charge in [-0.3, -0.25) is 4.79 Å². The summed E-state index contributed by atoms with van der Waals surface area (Å²) in [5.41, 5.74) is 0.654. The summed E-state index contributed by atoms with van der Waals surface area (Å²) in [5, 5.41) is 12.6. The van der Waals surface area contributed by atoms with Crippen molar-refractivity contribution in [3.63, 3.8) is 0 Å². The highest BCUT2D eigenvalue weighted by Crippen LogP contribution is 2.21. The van der Waals surface area contributed by atoms with Gasteiger partial charge in [-0.2, -0.15) is 0 Å². The van der Waals surface area contributed by atoms with Gasteiger partial charge in [0.05, 0.1) is 6.54 Å². The lowest BCUT2D eigenvalue weighted by atomic mass is 10.2. The van der Waals surface area contributed by atoms with Gasteiger partial charge in [0.1, 0.15) is 17.6 Å². The fraction of sp³-hybridized carbons (Fsp3) is 0.583. The third-order valence-electron chi connectivity index (χ3n) is 3.02. The van der Waals surface area contributed by atoms with Crippen molar-refractivity contribution in [2.75, 3.05) is 7.05 Å². The van der Waals surface area contributed by atoms with E-state index in [9.17, 15) is 9.59 Å². The Morgan fingerprint density at radius 2 is 2.16 bits per heavy atom. The minimum atomic E-state index is -1.02. The number of nitrogens with zero attached hydrogens (tertiary/aromatic N) is 2. The van der Waals surface area contributed by atoms with Crippen molar-refractivity contribution >= 4 is 11.9 Å². The molecule has 2 rings (SSSR count). The van der Waals surface area contributed by atoms with Crippen molar-refractivity contribution < 1.29 is 24.0 Å². The largest absolute Gasteiger partial charge is 0.479 e. The Balaban J connectivity index is 1.91. The smallest absolute Gasteiger partial charge is 0.332 e. The molecular weight excluding hydrogens is 252 g/mol. The number of ether oxygens (including phenoxy) is 1. The first-order valence-corrected chi connectivity index (χ1v) is 6.03. The Morgan fingerprint density at radius 3 is 2.68 bits per heavy atom. The number of rotatable bonds is 4. The summed E-state index contributed by atoms with van der Waals surface area (Å²) in [6.07, 6.45) is -0.767. The van der Waals surface area contributed by atoms with Crippen molar-refractivity contribution in [2.24, 2.45) is 0 Å². The van der Waals surface area contributed by atoms with Crippen LogP contribution in [0.2, 0.25) is 0 Å². The summed E-state index contributed by atoms with van der Waals surface area (Å²) in [6, 6.07) is 1.75. The molecule has 2 heterocycles. The van der Waals surface area contributed by atoms with Crippen LogP contribution in [0, 0.1) is 6.92 Å². The van der Waals surface area contributed by atoms with Crippen LogP contribution in [-0.2, 0) is 20.9 Å². The van der Waals surface area contributed by atoms with Gasteiger partial charge >= 0.3 is 5.97 Å². The molecule has 7 nitrogen and oxygen atoms in total. The molecule has 104 valence electrons. The molecule has 0 bridgehead atoms. The summed E-state index contributed by atoms with van der Waals surface area (Å²) in [4.78, 5) is 24.3. The second-order valence-corrected chi connectivity index (χ2v) is 4.65. The number of aromatic nitrogens is 1. The molecule has 1 fully saturated rings. The number of carboxylic acids is 1. The first kappa shape index (κ1) is 13.5. The van der Waals surface area contributed by atoms with Gasteiger partial charge in [-0.1, -0.05) is 5.16 Å². The summed E-state index contributed by atoms with van der Waals surface area (Å²) >= 11 is 0.